The Labute approximate surface area is 162 Å². The number of nitrogens with one attached hydrogen (secondary N) is 2. The average molecular weight is 400 g/mol. The number of para-hydroxylation sites is 1. The molecule has 0 atom stereocenters. The van der Waals surface area contributed by atoms with Gasteiger partial charge >= 0.3 is 0 Å². The first-order valence-corrected chi connectivity index (χ1v) is 10.4. The lowest BCUT2D eigenvalue weighted by Crippen LogP contribution is -2.26. The molecule has 0 aliphatic heterocycles. The SMILES string of the molecule is COc1ccc(S(=O)(=O)NC2CC2)cc1NC(=O)c1oc2ccccc2c1C. The molecular formula is C20H20N2O5S. The van der Waals surface area contributed by atoms with E-state index >= 15 is 0 Å². The summed E-state index contributed by atoms with van der Waals surface area (Å²) in [4.78, 5) is 12.9. The number of sulfonamides is 1. The summed E-state index contributed by atoms with van der Waals surface area (Å²) in [6.45, 7) is 1.80. The predicted octanol–water partition coefficient (Wildman–Crippen LogP) is 3.44. The standard InChI is InChI=1S/C20H20N2O5S/c1-12-15-5-3-4-6-17(15)27-19(12)20(23)21-16-11-14(9-10-18(16)26-2)28(24,25)22-13-7-8-13/h3-6,9-11,13,22H,7-8H2,1-2H3,(H,21,23). The molecule has 0 bridgehead atoms. The van der Waals surface area contributed by atoms with E-state index in [9.17, 15) is 13.2 Å². The van der Waals surface area contributed by atoms with Crippen LogP contribution in [0.2, 0.25) is 0 Å². The average Bonchev–Trinajstić information content (AvgIpc) is 3.42. The molecule has 0 saturated heterocycles. The van der Waals surface area contributed by atoms with Crippen molar-refractivity contribution >= 4 is 32.6 Å². The van der Waals surface area contributed by atoms with E-state index in [1.54, 1.807) is 13.0 Å². The Morgan fingerprint density at radius 1 is 1.18 bits per heavy atom. The number of aryl methyl sites for hydroxylation is 1. The van der Waals surface area contributed by atoms with Gasteiger partial charge in [-0.15, -0.1) is 0 Å². The highest BCUT2D eigenvalue weighted by atomic mass is 32.2. The van der Waals surface area contributed by atoms with Gasteiger partial charge in [0, 0.05) is 17.0 Å². The number of amides is 1. The van der Waals surface area contributed by atoms with Gasteiger partial charge in [-0.3, -0.25) is 4.79 Å². The molecule has 146 valence electrons. The van der Waals surface area contributed by atoms with Crippen molar-refractivity contribution in [1.82, 2.24) is 4.72 Å². The molecule has 0 unspecified atom stereocenters. The van der Waals surface area contributed by atoms with Crippen LogP contribution in [0.1, 0.15) is 29.0 Å². The van der Waals surface area contributed by atoms with Gasteiger partial charge in [-0.1, -0.05) is 18.2 Å². The van der Waals surface area contributed by atoms with Gasteiger partial charge in [0.05, 0.1) is 17.7 Å². The summed E-state index contributed by atoms with van der Waals surface area (Å²) in [6, 6.07) is 11.7. The highest BCUT2D eigenvalue weighted by Gasteiger charge is 2.28. The van der Waals surface area contributed by atoms with E-state index in [2.05, 4.69) is 10.0 Å². The molecule has 1 heterocycles. The van der Waals surface area contributed by atoms with Crippen molar-refractivity contribution < 1.29 is 22.4 Å². The first kappa shape index (κ1) is 18.5. The number of benzene rings is 2. The van der Waals surface area contributed by atoms with Crippen molar-refractivity contribution in [3.05, 3.63) is 53.8 Å². The molecule has 1 aliphatic rings. The molecule has 4 rings (SSSR count). The van der Waals surface area contributed by atoms with Crippen LogP contribution in [0.25, 0.3) is 11.0 Å². The number of ether oxygens (including phenoxy) is 1. The highest BCUT2D eigenvalue weighted by molar-refractivity contribution is 7.89. The fourth-order valence-electron chi connectivity index (χ4n) is 3.01. The number of hydrogen-bond acceptors (Lipinski definition) is 5. The topological polar surface area (TPSA) is 97.6 Å². The van der Waals surface area contributed by atoms with Gasteiger partial charge < -0.3 is 14.5 Å². The minimum atomic E-state index is -3.65. The van der Waals surface area contributed by atoms with Crippen LogP contribution in [0, 0.1) is 6.92 Å². The van der Waals surface area contributed by atoms with Gasteiger partial charge in [0.2, 0.25) is 10.0 Å². The fourth-order valence-corrected chi connectivity index (χ4v) is 4.34. The predicted molar refractivity (Wildman–Crippen MR) is 105 cm³/mol. The van der Waals surface area contributed by atoms with Crippen molar-refractivity contribution in [2.24, 2.45) is 0 Å². The third-order valence-electron chi connectivity index (χ3n) is 4.68. The maximum absolute atomic E-state index is 12.8. The zero-order chi connectivity index (χ0) is 19.9. The van der Waals surface area contributed by atoms with Crippen LogP contribution in [-0.2, 0) is 10.0 Å². The second-order valence-corrected chi connectivity index (χ2v) is 8.48. The van der Waals surface area contributed by atoms with E-state index in [0.717, 1.165) is 18.2 Å². The summed E-state index contributed by atoms with van der Waals surface area (Å²) in [5.74, 6) is 0.0526. The van der Waals surface area contributed by atoms with Gasteiger partial charge in [-0.2, -0.15) is 0 Å². The third kappa shape index (κ3) is 3.48. The quantitative estimate of drug-likeness (QED) is 0.661. The molecule has 2 N–H and O–H groups in total. The molecule has 1 aliphatic carbocycles. The molecule has 3 aromatic rings. The van der Waals surface area contributed by atoms with Crippen LogP contribution >= 0.6 is 0 Å². The molecule has 1 amide bonds. The first-order chi connectivity index (χ1) is 13.4. The number of carbonyl (C=O) groups excluding carboxylic acids is 1. The molecule has 8 heteroatoms. The van der Waals surface area contributed by atoms with Crippen molar-refractivity contribution in [2.75, 3.05) is 12.4 Å². The van der Waals surface area contributed by atoms with Crippen molar-refractivity contribution in [2.45, 2.75) is 30.7 Å². The number of fused-ring (bicyclic) bond motifs is 1. The number of furan rings is 1. The van der Waals surface area contributed by atoms with Crippen LogP contribution in [-0.4, -0.2) is 27.5 Å². The number of hydrogen-bond donors (Lipinski definition) is 2. The molecule has 7 nitrogen and oxygen atoms in total. The second kappa shape index (κ2) is 6.96. The van der Waals surface area contributed by atoms with Crippen LogP contribution in [0.4, 0.5) is 5.69 Å². The first-order valence-electron chi connectivity index (χ1n) is 8.89. The lowest BCUT2D eigenvalue weighted by molar-refractivity contribution is 0.0997. The van der Waals surface area contributed by atoms with Gasteiger partial charge in [0.15, 0.2) is 5.76 Å². The minimum absolute atomic E-state index is 0.0108. The zero-order valence-corrected chi connectivity index (χ0v) is 16.3. The summed E-state index contributed by atoms with van der Waals surface area (Å²) >= 11 is 0. The highest BCUT2D eigenvalue weighted by Crippen LogP contribution is 2.31. The molecular weight excluding hydrogens is 380 g/mol. The van der Waals surface area contributed by atoms with Crippen LogP contribution < -0.4 is 14.8 Å². The van der Waals surface area contributed by atoms with Crippen LogP contribution in [0.3, 0.4) is 0 Å². The summed E-state index contributed by atoms with van der Waals surface area (Å²) in [5.41, 5.74) is 1.58. The van der Waals surface area contributed by atoms with E-state index in [4.69, 9.17) is 9.15 Å². The molecule has 1 fully saturated rings. The van der Waals surface area contributed by atoms with E-state index in [1.807, 2.05) is 18.2 Å². The van der Waals surface area contributed by atoms with E-state index in [1.165, 1.54) is 25.3 Å². The maximum Gasteiger partial charge on any atom is 0.291 e. The Morgan fingerprint density at radius 3 is 2.61 bits per heavy atom. The number of carbonyl (C=O) groups is 1. The third-order valence-corrected chi connectivity index (χ3v) is 6.20. The normalized spacial score (nSPS) is 14.2. The van der Waals surface area contributed by atoms with Gasteiger partial charge in [0.1, 0.15) is 11.3 Å². The van der Waals surface area contributed by atoms with Crippen molar-refractivity contribution in [3.63, 3.8) is 0 Å². The van der Waals surface area contributed by atoms with Gasteiger partial charge in [-0.05, 0) is 44.0 Å². The van der Waals surface area contributed by atoms with Crippen molar-refractivity contribution in [1.29, 1.82) is 0 Å². The Kier molecular flexibility index (Phi) is 4.60. The van der Waals surface area contributed by atoms with Gasteiger partial charge in [0.25, 0.3) is 5.91 Å². The largest absolute Gasteiger partial charge is 0.495 e. The fraction of sp³-hybridized carbons (Fsp3) is 0.250. The Balaban J connectivity index is 1.66. The lowest BCUT2D eigenvalue weighted by Gasteiger charge is -2.12. The van der Waals surface area contributed by atoms with E-state index in [-0.39, 0.29) is 22.4 Å². The van der Waals surface area contributed by atoms with Crippen LogP contribution in [0.5, 0.6) is 5.75 Å². The second-order valence-electron chi connectivity index (χ2n) is 6.76. The summed E-state index contributed by atoms with van der Waals surface area (Å²) in [7, 11) is -2.20. The smallest absolute Gasteiger partial charge is 0.291 e. The van der Waals surface area contributed by atoms with E-state index in [0.29, 0.717) is 16.9 Å². The molecule has 0 spiro atoms. The molecule has 2 aromatic carbocycles. The summed E-state index contributed by atoms with van der Waals surface area (Å²) in [6.07, 6.45) is 1.68. The zero-order valence-electron chi connectivity index (χ0n) is 15.5. The monoisotopic (exact) mass is 400 g/mol. The maximum atomic E-state index is 12.8. The minimum Gasteiger partial charge on any atom is -0.495 e. The Bertz CT molecular complexity index is 1160. The number of anilines is 1. The molecule has 1 aromatic heterocycles. The molecule has 1 saturated carbocycles. The van der Waals surface area contributed by atoms with Crippen LogP contribution in [0.15, 0.2) is 51.8 Å². The molecule has 28 heavy (non-hydrogen) atoms. The lowest BCUT2D eigenvalue weighted by atomic mass is 10.1. The summed E-state index contributed by atoms with van der Waals surface area (Å²) in [5, 5.41) is 3.56. The number of rotatable bonds is 6. The summed E-state index contributed by atoms with van der Waals surface area (Å²) < 4.78 is 38.5. The van der Waals surface area contributed by atoms with E-state index < -0.39 is 15.9 Å². The van der Waals surface area contributed by atoms with Crippen molar-refractivity contribution in [3.8, 4) is 5.75 Å². The molecule has 0 radical (unpaired) electrons. The van der Waals surface area contributed by atoms with Gasteiger partial charge in [-0.25, -0.2) is 13.1 Å². The number of methoxy groups -OCH3 is 1. The Hall–Kier alpha value is -2.84. The Morgan fingerprint density at radius 2 is 1.93 bits per heavy atom.